The Morgan fingerprint density at radius 1 is 1.15 bits per heavy atom. The van der Waals surface area contributed by atoms with E-state index in [4.69, 9.17) is 5.84 Å². The zero-order valence-corrected chi connectivity index (χ0v) is 11.9. The second kappa shape index (κ2) is 5.16. The van der Waals surface area contributed by atoms with Crippen molar-refractivity contribution < 1.29 is 8.42 Å². The van der Waals surface area contributed by atoms with E-state index in [-0.39, 0.29) is 23.5 Å². The lowest BCUT2D eigenvalue weighted by Gasteiger charge is -2.23. The minimum atomic E-state index is -2.91. The van der Waals surface area contributed by atoms with Gasteiger partial charge >= 0.3 is 0 Å². The quantitative estimate of drug-likeness (QED) is 0.667. The van der Waals surface area contributed by atoms with E-state index in [2.05, 4.69) is 23.6 Å². The predicted molar refractivity (Wildman–Crippen MR) is 80.8 cm³/mol. The molecule has 2 aromatic carbocycles. The van der Waals surface area contributed by atoms with Crippen molar-refractivity contribution in [2.75, 3.05) is 11.5 Å². The number of benzene rings is 2. The SMILES string of the molecule is NNC(c1cccc2ccccc12)C1CCS(=O)(=O)C1. The summed E-state index contributed by atoms with van der Waals surface area (Å²) in [4.78, 5) is 0. The number of hydrogen-bond acceptors (Lipinski definition) is 4. The first kappa shape index (κ1) is 13.5. The summed E-state index contributed by atoms with van der Waals surface area (Å²) in [5.41, 5.74) is 3.90. The molecule has 0 amide bonds. The lowest BCUT2D eigenvalue weighted by atomic mass is 9.89. The van der Waals surface area contributed by atoms with Crippen LogP contribution in [-0.2, 0) is 9.84 Å². The average Bonchev–Trinajstić information content (AvgIpc) is 2.80. The monoisotopic (exact) mass is 290 g/mol. The molecule has 1 saturated heterocycles. The maximum atomic E-state index is 11.7. The highest BCUT2D eigenvalue weighted by molar-refractivity contribution is 7.91. The van der Waals surface area contributed by atoms with Crippen LogP contribution in [0.4, 0.5) is 0 Å². The van der Waals surface area contributed by atoms with Gasteiger partial charge in [0.05, 0.1) is 17.5 Å². The van der Waals surface area contributed by atoms with Gasteiger partial charge in [-0.05, 0) is 28.7 Å². The largest absolute Gasteiger partial charge is 0.271 e. The predicted octanol–water partition coefficient (Wildman–Crippen LogP) is 1.78. The molecule has 0 aliphatic carbocycles. The minimum Gasteiger partial charge on any atom is -0.271 e. The molecule has 0 radical (unpaired) electrons. The van der Waals surface area contributed by atoms with E-state index in [9.17, 15) is 8.42 Å². The second-order valence-corrected chi connectivity index (χ2v) is 7.60. The maximum absolute atomic E-state index is 11.7. The van der Waals surface area contributed by atoms with Crippen LogP contribution < -0.4 is 11.3 Å². The van der Waals surface area contributed by atoms with E-state index >= 15 is 0 Å². The van der Waals surface area contributed by atoms with Gasteiger partial charge in [-0.3, -0.25) is 11.3 Å². The first-order valence-electron chi connectivity index (χ1n) is 6.75. The third-order valence-corrected chi connectivity index (χ3v) is 5.87. The van der Waals surface area contributed by atoms with Gasteiger partial charge in [0.15, 0.2) is 9.84 Å². The molecule has 2 atom stereocenters. The van der Waals surface area contributed by atoms with Gasteiger partial charge in [0.2, 0.25) is 0 Å². The molecule has 2 unspecified atom stereocenters. The van der Waals surface area contributed by atoms with Crippen molar-refractivity contribution in [1.82, 2.24) is 5.43 Å². The van der Waals surface area contributed by atoms with Gasteiger partial charge in [-0.2, -0.15) is 0 Å². The molecule has 106 valence electrons. The van der Waals surface area contributed by atoms with E-state index < -0.39 is 9.84 Å². The molecule has 3 N–H and O–H groups in total. The Morgan fingerprint density at radius 3 is 2.60 bits per heavy atom. The fraction of sp³-hybridized carbons (Fsp3) is 0.333. The molecular weight excluding hydrogens is 272 g/mol. The number of nitrogens with one attached hydrogen (secondary N) is 1. The zero-order chi connectivity index (χ0) is 14.2. The van der Waals surface area contributed by atoms with Crippen LogP contribution in [-0.4, -0.2) is 19.9 Å². The number of fused-ring (bicyclic) bond motifs is 1. The molecule has 5 heteroatoms. The van der Waals surface area contributed by atoms with Crippen LogP contribution in [0.15, 0.2) is 42.5 Å². The topological polar surface area (TPSA) is 72.2 Å². The molecule has 2 aromatic rings. The molecule has 1 heterocycles. The molecule has 0 spiro atoms. The summed E-state index contributed by atoms with van der Waals surface area (Å²) in [6, 6.07) is 14.0. The van der Waals surface area contributed by atoms with E-state index in [0.29, 0.717) is 6.42 Å². The van der Waals surface area contributed by atoms with E-state index in [1.54, 1.807) is 0 Å². The third-order valence-electron chi connectivity index (χ3n) is 4.08. The lowest BCUT2D eigenvalue weighted by molar-refractivity contribution is 0.402. The summed E-state index contributed by atoms with van der Waals surface area (Å²) >= 11 is 0. The average molecular weight is 290 g/mol. The summed E-state index contributed by atoms with van der Waals surface area (Å²) in [5.74, 6) is 6.24. The van der Waals surface area contributed by atoms with Gasteiger partial charge in [0.25, 0.3) is 0 Å². The molecule has 1 aliphatic heterocycles. The highest BCUT2D eigenvalue weighted by Crippen LogP contribution is 2.34. The van der Waals surface area contributed by atoms with Gasteiger partial charge in [-0.25, -0.2) is 8.42 Å². The number of sulfone groups is 1. The Balaban J connectivity index is 2.04. The standard InChI is InChI=1S/C15H18N2O2S/c16-17-15(12-8-9-20(18,19)10-12)14-7-3-5-11-4-1-2-6-13(11)14/h1-7,12,15,17H,8-10,16H2. The van der Waals surface area contributed by atoms with Crippen molar-refractivity contribution in [3.8, 4) is 0 Å². The summed E-state index contributed by atoms with van der Waals surface area (Å²) in [6.07, 6.45) is 0.667. The molecule has 0 aromatic heterocycles. The Morgan fingerprint density at radius 2 is 1.90 bits per heavy atom. The Bertz CT molecular complexity index is 722. The zero-order valence-electron chi connectivity index (χ0n) is 11.1. The van der Waals surface area contributed by atoms with Crippen LogP contribution in [0.2, 0.25) is 0 Å². The molecule has 3 rings (SSSR count). The molecule has 20 heavy (non-hydrogen) atoms. The van der Waals surface area contributed by atoms with Crippen molar-refractivity contribution in [3.63, 3.8) is 0 Å². The van der Waals surface area contributed by atoms with Crippen LogP contribution in [0.3, 0.4) is 0 Å². The number of nitrogens with two attached hydrogens (primary N) is 1. The number of hydrazine groups is 1. The van der Waals surface area contributed by atoms with Crippen molar-refractivity contribution in [2.24, 2.45) is 11.8 Å². The Labute approximate surface area is 118 Å². The van der Waals surface area contributed by atoms with Crippen LogP contribution in [0.5, 0.6) is 0 Å². The molecule has 0 bridgehead atoms. The first-order valence-corrected chi connectivity index (χ1v) is 8.57. The van der Waals surface area contributed by atoms with Crippen LogP contribution in [0, 0.1) is 5.92 Å². The van der Waals surface area contributed by atoms with Crippen molar-refractivity contribution >= 4 is 20.6 Å². The summed E-state index contributed by atoms with van der Waals surface area (Å²) in [5, 5.41) is 2.27. The fourth-order valence-corrected chi connectivity index (χ4v) is 4.93. The van der Waals surface area contributed by atoms with Crippen molar-refractivity contribution in [2.45, 2.75) is 12.5 Å². The number of hydrogen-bond donors (Lipinski definition) is 2. The van der Waals surface area contributed by atoms with E-state index in [0.717, 1.165) is 16.3 Å². The first-order chi connectivity index (χ1) is 9.61. The van der Waals surface area contributed by atoms with Crippen LogP contribution >= 0.6 is 0 Å². The third kappa shape index (κ3) is 2.44. The maximum Gasteiger partial charge on any atom is 0.150 e. The lowest BCUT2D eigenvalue weighted by Crippen LogP contribution is -2.34. The van der Waals surface area contributed by atoms with Gasteiger partial charge in [0.1, 0.15) is 0 Å². The summed E-state index contributed by atoms with van der Waals surface area (Å²) in [6.45, 7) is 0. The van der Waals surface area contributed by atoms with Gasteiger partial charge in [-0.15, -0.1) is 0 Å². The second-order valence-electron chi connectivity index (χ2n) is 5.38. The highest BCUT2D eigenvalue weighted by atomic mass is 32.2. The Kier molecular flexibility index (Phi) is 3.50. The molecular formula is C15H18N2O2S. The normalized spacial score (nSPS) is 22.9. The highest BCUT2D eigenvalue weighted by Gasteiger charge is 2.34. The van der Waals surface area contributed by atoms with Crippen molar-refractivity contribution in [1.29, 1.82) is 0 Å². The molecule has 0 saturated carbocycles. The Hall–Kier alpha value is -1.43. The number of rotatable bonds is 3. The summed E-state index contributed by atoms with van der Waals surface area (Å²) in [7, 11) is -2.91. The van der Waals surface area contributed by atoms with Crippen molar-refractivity contribution in [3.05, 3.63) is 48.0 Å². The molecule has 1 fully saturated rings. The van der Waals surface area contributed by atoms with Crippen LogP contribution in [0.1, 0.15) is 18.0 Å². The summed E-state index contributed by atoms with van der Waals surface area (Å²) < 4.78 is 23.4. The smallest absolute Gasteiger partial charge is 0.150 e. The molecule has 1 aliphatic rings. The van der Waals surface area contributed by atoms with Gasteiger partial charge in [-0.1, -0.05) is 42.5 Å². The van der Waals surface area contributed by atoms with Gasteiger partial charge in [0, 0.05) is 0 Å². The van der Waals surface area contributed by atoms with Crippen LogP contribution in [0.25, 0.3) is 10.8 Å². The molecule has 4 nitrogen and oxygen atoms in total. The fourth-order valence-electron chi connectivity index (χ4n) is 3.09. The van der Waals surface area contributed by atoms with E-state index in [1.165, 1.54) is 0 Å². The minimum absolute atomic E-state index is 0.0378. The van der Waals surface area contributed by atoms with E-state index in [1.807, 2.05) is 24.3 Å². The van der Waals surface area contributed by atoms with Gasteiger partial charge < -0.3 is 0 Å².